The minimum Gasteiger partial charge on any atom is -0.364 e. The second-order valence-electron chi connectivity index (χ2n) is 5.62. The summed E-state index contributed by atoms with van der Waals surface area (Å²) in [5.41, 5.74) is 1.77. The zero-order valence-electron chi connectivity index (χ0n) is 14.1. The maximum absolute atomic E-state index is 12.5. The molecule has 10 heteroatoms. The number of benzene rings is 1. The monoisotopic (exact) mass is 392 g/mol. The lowest BCUT2D eigenvalue weighted by molar-refractivity contribution is 0.600. The van der Waals surface area contributed by atoms with Gasteiger partial charge in [0, 0.05) is 11.6 Å². The van der Waals surface area contributed by atoms with Crippen LogP contribution in [0.1, 0.15) is 17.0 Å². The van der Waals surface area contributed by atoms with Crippen LogP contribution in [0.2, 0.25) is 5.02 Å². The van der Waals surface area contributed by atoms with Crippen LogP contribution >= 0.6 is 11.6 Å². The molecule has 0 aliphatic carbocycles. The van der Waals surface area contributed by atoms with Gasteiger partial charge < -0.3 is 5.32 Å². The third-order valence-electron chi connectivity index (χ3n) is 3.65. The average molecular weight is 393 g/mol. The van der Waals surface area contributed by atoms with Crippen LogP contribution in [0, 0.1) is 13.8 Å². The fourth-order valence-electron chi connectivity index (χ4n) is 2.43. The standard InChI is InChI=1S/C16H17ClN6O2S/c1-10-16(11(2)20-19-10)26(24,25)23-15-8-7-14(21-22-15)18-9-12-5-3-4-6-13(12)17/h3-8H,9H2,1-2H3,(H,18,21)(H,19,20)(H,22,23). The van der Waals surface area contributed by atoms with Gasteiger partial charge in [0.05, 0.1) is 11.4 Å². The molecule has 0 fully saturated rings. The molecule has 0 saturated carbocycles. The largest absolute Gasteiger partial charge is 0.364 e. The number of nitrogens with one attached hydrogen (secondary N) is 3. The second kappa shape index (κ2) is 7.30. The van der Waals surface area contributed by atoms with E-state index in [0.717, 1.165) is 5.56 Å². The van der Waals surface area contributed by atoms with Gasteiger partial charge in [0.25, 0.3) is 10.0 Å². The van der Waals surface area contributed by atoms with Gasteiger partial charge in [-0.2, -0.15) is 5.10 Å². The van der Waals surface area contributed by atoms with Gasteiger partial charge in [0.15, 0.2) is 5.82 Å². The van der Waals surface area contributed by atoms with Crippen molar-refractivity contribution in [3.8, 4) is 0 Å². The maximum atomic E-state index is 12.5. The first kappa shape index (κ1) is 18.2. The number of hydrogen-bond donors (Lipinski definition) is 3. The number of aromatic nitrogens is 4. The Morgan fingerprint density at radius 3 is 2.38 bits per heavy atom. The Kier molecular flexibility index (Phi) is 5.10. The number of anilines is 2. The van der Waals surface area contributed by atoms with Gasteiger partial charge >= 0.3 is 0 Å². The summed E-state index contributed by atoms with van der Waals surface area (Å²) in [6, 6.07) is 10.6. The van der Waals surface area contributed by atoms with Crippen molar-refractivity contribution in [2.45, 2.75) is 25.3 Å². The SMILES string of the molecule is Cc1n[nH]c(C)c1S(=O)(=O)Nc1ccc(NCc2ccccc2Cl)nn1. The van der Waals surface area contributed by atoms with E-state index >= 15 is 0 Å². The molecule has 0 aliphatic rings. The number of halogens is 1. The summed E-state index contributed by atoms with van der Waals surface area (Å²) in [6.45, 7) is 3.74. The highest BCUT2D eigenvalue weighted by atomic mass is 35.5. The summed E-state index contributed by atoms with van der Waals surface area (Å²) in [4.78, 5) is 0.111. The lowest BCUT2D eigenvalue weighted by Crippen LogP contribution is -2.16. The molecular formula is C16H17ClN6O2S. The number of aromatic amines is 1. The molecule has 0 radical (unpaired) electrons. The van der Waals surface area contributed by atoms with Crippen molar-refractivity contribution in [1.82, 2.24) is 20.4 Å². The number of sulfonamides is 1. The fraction of sp³-hybridized carbons (Fsp3) is 0.188. The molecular weight excluding hydrogens is 376 g/mol. The van der Waals surface area contributed by atoms with Crippen LogP contribution in [-0.4, -0.2) is 28.8 Å². The average Bonchev–Trinajstić information content (AvgIpc) is 2.94. The molecule has 0 saturated heterocycles. The number of hydrogen-bond acceptors (Lipinski definition) is 6. The van der Waals surface area contributed by atoms with E-state index in [9.17, 15) is 8.42 Å². The zero-order valence-corrected chi connectivity index (χ0v) is 15.7. The van der Waals surface area contributed by atoms with E-state index in [2.05, 4.69) is 30.4 Å². The topological polar surface area (TPSA) is 113 Å². The van der Waals surface area contributed by atoms with Crippen LogP contribution in [0.15, 0.2) is 41.3 Å². The van der Waals surface area contributed by atoms with Crippen LogP contribution in [0.4, 0.5) is 11.6 Å². The Balaban J connectivity index is 1.69. The van der Waals surface area contributed by atoms with Crippen LogP contribution in [-0.2, 0) is 16.6 Å². The van der Waals surface area contributed by atoms with Gasteiger partial charge in [-0.3, -0.25) is 9.82 Å². The first-order chi connectivity index (χ1) is 12.4. The summed E-state index contributed by atoms with van der Waals surface area (Å²) in [6.07, 6.45) is 0. The van der Waals surface area contributed by atoms with Crippen LogP contribution in [0.25, 0.3) is 0 Å². The van der Waals surface area contributed by atoms with Crippen molar-refractivity contribution in [2.24, 2.45) is 0 Å². The summed E-state index contributed by atoms with van der Waals surface area (Å²) in [7, 11) is -3.79. The molecule has 0 unspecified atom stereocenters. The molecule has 3 aromatic rings. The molecule has 0 aliphatic heterocycles. The summed E-state index contributed by atoms with van der Waals surface area (Å²) in [5.74, 6) is 0.622. The number of rotatable bonds is 6. The van der Waals surface area contributed by atoms with E-state index in [4.69, 9.17) is 11.6 Å². The fourth-order valence-corrected chi connectivity index (χ4v) is 4.01. The summed E-state index contributed by atoms with van der Waals surface area (Å²) >= 11 is 6.10. The number of aryl methyl sites for hydroxylation is 2. The van der Waals surface area contributed by atoms with E-state index in [1.54, 1.807) is 19.9 Å². The Hall–Kier alpha value is -2.65. The number of nitrogens with zero attached hydrogens (tertiary/aromatic N) is 3. The molecule has 2 aromatic heterocycles. The quantitative estimate of drug-likeness (QED) is 0.594. The van der Waals surface area contributed by atoms with Crippen molar-refractivity contribution >= 4 is 33.3 Å². The minimum absolute atomic E-state index is 0.111. The van der Waals surface area contributed by atoms with Crippen molar-refractivity contribution < 1.29 is 8.42 Å². The Bertz CT molecular complexity index is 998. The molecule has 0 atom stereocenters. The molecule has 3 rings (SSSR count). The lowest BCUT2D eigenvalue weighted by atomic mass is 10.2. The Morgan fingerprint density at radius 1 is 1.08 bits per heavy atom. The van der Waals surface area contributed by atoms with E-state index in [1.807, 2.05) is 24.3 Å². The van der Waals surface area contributed by atoms with Gasteiger partial charge in [-0.15, -0.1) is 10.2 Å². The number of H-pyrrole nitrogens is 1. The second-order valence-corrected chi connectivity index (χ2v) is 7.64. The molecule has 0 spiro atoms. The van der Waals surface area contributed by atoms with Gasteiger partial charge in [0.1, 0.15) is 10.7 Å². The van der Waals surface area contributed by atoms with Crippen LogP contribution < -0.4 is 10.0 Å². The highest BCUT2D eigenvalue weighted by molar-refractivity contribution is 7.92. The molecule has 3 N–H and O–H groups in total. The third-order valence-corrected chi connectivity index (χ3v) is 5.64. The van der Waals surface area contributed by atoms with Gasteiger partial charge in [-0.1, -0.05) is 29.8 Å². The van der Waals surface area contributed by atoms with Crippen molar-refractivity contribution in [1.29, 1.82) is 0 Å². The molecule has 136 valence electrons. The normalized spacial score (nSPS) is 11.3. The molecule has 1 aromatic carbocycles. The first-order valence-electron chi connectivity index (χ1n) is 7.72. The third kappa shape index (κ3) is 3.94. The first-order valence-corrected chi connectivity index (χ1v) is 9.58. The van der Waals surface area contributed by atoms with Gasteiger partial charge in [-0.25, -0.2) is 8.42 Å². The predicted octanol–water partition coefficient (Wildman–Crippen LogP) is 2.88. The maximum Gasteiger partial charge on any atom is 0.266 e. The summed E-state index contributed by atoms with van der Waals surface area (Å²) in [5, 5.41) is 18.2. The highest BCUT2D eigenvalue weighted by Crippen LogP contribution is 2.20. The zero-order chi connectivity index (χ0) is 18.7. The van der Waals surface area contributed by atoms with Gasteiger partial charge in [-0.05, 0) is 37.6 Å². The van der Waals surface area contributed by atoms with Crippen molar-refractivity contribution in [3.05, 3.63) is 58.4 Å². The van der Waals surface area contributed by atoms with Crippen molar-refractivity contribution in [3.63, 3.8) is 0 Å². The smallest absolute Gasteiger partial charge is 0.266 e. The minimum atomic E-state index is -3.79. The van der Waals surface area contributed by atoms with E-state index < -0.39 is 10.0 Å². The predicted molar refractivity (Wildman–Crippen MR) is 99.7 cm³/mol. The summed E-state index contributed by atoms with van der Waals surface area (Å²) < 4.78 is 27.3. The Morgan fingerprint density at radius 2 is 1.77 bits per heavy atom. The molecule has 0 amide bonds. The molecule has 2 heterocycles. The van der Waals surface area contributed by atoms with E-state index in [1.165, 1.54) is 6.07 Å². The molecule has 0 bridgehead atoms. The van der Waals surface area contributed by atoms with Crippen LogP contribution in [0.3, 0.4) is 0 Å². The molecule has 8 nitrogen and oxygen atoms in total. The van der Waals surface area contributed by atoms with Crippen LogP contribution in [0.5, 0.6) is 0 Å². The van der Waals surface area contributed by atoms with E-state index in [-0.39, 0.29) is 10.7 Å². The van der Waals surface area contributed by atoms with Gasteiger partial charge in [0.2, 0.25) is 0 Å². The Labute approximate surface area is 156 Å². The van der Waals surface area contributed by atoms with E-state index in [0.29, 0.717) is 28.8 Å². The van der Waals surface area contributed by atoms with Crippen molar-refractivity contribution in [2.75, 3.05) is 10.0 Å². The lowest BCUT2D eigenvalue weighted by Gasteiger charge is -2.09. The molecule has 26 heavy (non-hydrogen) atoms. The highest BCUT2D eigenvalue weighted by Gasteiger charge is 2.22.